The highest BCUT2D eigenvalue weighted by Gasteiger charge is 2.50. The minimum absolute atomic E-state index is 0.148. The number of fused-ring (bicyclic) bond motifs is 1. The average molecular weight is 529 g/mol. The van der Waals surface area contributed by atoms with Crippen molar-refractivity contribution in [2.24, 2.45) is 17.8 Å². The molecule has 3 aliphatic carbocycles. The van der Waals surface area contributed by atoms with Crippen LogP contribution in [0.25, 0.3) is 22.8 Å². The SMILES string of the molecule is CC1CCC(Cn2c(C3(c4ccncc4)CC3)nc3nc(-c4noc(=O)[nH]4)nc(N[C@H](C)C4CCC4)c32)CC1. The summed E-state index contributed by atoms with van der Waals surface area (Å²) in [6, 6.07) is 4.50. The van der Waals surface area contributed by atoms with Crippen molar-refractivity contribution in [2.75, 3.05) is 5.32 Å². The highest BCUT2D eigenvalue weighted by Crippen LogP contribution is 2.54. The van der Waals surface area contributed by atoms with Gasteiger partial charge in [0.1, 0.15) is 11.3 Å². The Labute approximate surface area is 227 Å². The molecule has 0 bridgehead atoms. The van der Waals surface area contributed by atoms with Gasteiger partial charge in [-0.3, -0.25) is 14.5 Å². The largest absolute Gasteiger partial charge is 0.439 e. The Morgan fingerprint density at radius 2 is 1.87 bits per heavy atom. The van der Waals surface area contributed by atoms with E-state index < -0.39 is 5.76 Å². The van der Waals surface area contributed by atoms with Crippen LogP contribution < -0.4 is 11.1 Å². The van der Waals surface area contributed by atoms with Crippen molar-refractivity contribution in [2.45, 2.75) is 89.6 Å². The first-order chi connectivity index (χ1) is 19.0. The fourth-order valence-electron chi connectivity index (χ4n) is 6.59. The van der Waals surface area contributed by atoms with E-state index in [1.165, 1.54) is 50.5 Å². The lowest BCUT2D eigenvalue weighted by atomic mass is 9.80. The summed E-state index contributed by atoms with van der Waals surface area (Å²) in [6.07, 6.45) is 14.5. The van der Waals surface area contributed by atoms with Gasteiger partial charge in [-0.15, -0.1) is 0 Å². The maximum absolute atomic E-state index is 11.7. The highest BCUT2D eigenvalue weighted by molar-refractivity contribution is 5.86. The Hall–Kier alpha value is -3.56. The van der Waals surface area contributed by atoms with Gasteiger partial charge < -0.3 is 9.88 Å². The monoisotopic (exact) mass is 528 g/mol. The lowest BCUT2D eigenvalue weighted by Crippen LogP contribution is -2.31. The quantitative estimate of drug-likeness (QED) is 0.324. The van der Waals surface area contributed by atoms with E-state index in [2.05, 4.69) is 51.0 Å². The normalized spacial score (nSPS) is 23.4. The zero-order chi connectivity index (χ0) is 26.6. The van der Waals surface area contributed by atoms with Crippen LogP contribution in [0.1, 0.15) is 83.0 Å². The molecule has 204 valence electrons. The zero-order valence-electron chi connectivity index (χ0n) is 22.7. The standard InChI is InChI=1S/C29H36N8O2/c1-17-6-8-19(9-7-17)16-37-22-23(31-18(2)20-4-3-5-20)32-25(26-35-28(38)39-36-26)33-24(22)34-27(37)29(12-13-29)21-10-14-30-15-11-21/h10-11,14-15,17-20H,3-9,12-13,16H2,1-2H3,(H,31,32,33)(H,35,36,38)/t17?,18-,19?/m1/s1. The molecule has 3 saturated carbocycles. The van der Waals surface area contributed by atoms with E-state index in [1.54, 1.807) is 0 Å². The highest BCUT2D eigenvalue weighted by atomic mass is 16.5. The van der Waals surface area contributed by atoms with E-state index >= 15 is 0 Å². The van der Waals surface area contributed by atoms with E-state index in [0.717, 1.165) is 42.5 Å². The van der Waals surface area contributed by atoms with Crippen LogP contribution in [0.15, 0.2) is 33.8 Å². The number of anilines is 1. The fourth-order valence-corrected chi connectivity index (χ4v) is 6.59. The molecule has 2 N–H and O–H groups in total. The number of nitrogens with one attached hydrogen (secondary N) is 2. The molecule has 4 heterocycles. The predicted octanol–water partition coefficient (Wildman–Crippen LogP) is 5.07. The van der Waals surface area contributed by atoms with Gasteiger partial charge in [0.2, 0.25) is 11.6 Å². The number of nitrogens with zero attached hydrogens (tertiary/aromatic N) is 6. The molecular formula is C29H36N8O2. The summed E-state index contributed by atoms with van der Waals surface area (Å²) in [5, 5.41) is 7.62. The second kappa shape index (κ2) is 9.57. The number of hydrogen-bond donors (Lipinski definition) is 2. The van der Waals surface area contributed by atoms with Crippen molar-refractivity contribution in [3.8, 4) is 11.6 Å². The van der Waals surface area contributed by atoms with E-state index in [4.69, 9.17) is 19.5 Å². The molecule has 0 aromatic carbocycles. The smallest absolute Gasteiger partial charge is 0.365 e. The molecule has 0 radical (unpaired) electrons. The van der Waals surface area contributed by atoms with Crippen LogP contribution in [0.4, 0.5) is 5.82 Å². The molecule has 1 atom stereocenters. The van der Waals surface area contributed by atoms with Gasteiger partial charge in [0.05, 0.1) is 5.41 Å². The molecule has 39 heavy (non-hydrogen) atoms. The molecule has 4 aromatic heterocycles. The number of pyridine rings is 1. The first-order valence-corrected chi connectivity index (χ1v) is 14.5. The third-order valence-electron chi connectivity index (χ3n) is 9.46. The van der Waals surface area contributed by atoms with Crippen molar-refractivity contribution in [3.63, 3.8) is 0 Å². The van der Waals surface area contributed by atoms with Crippen molar-refractivity contribution >= 4 is 17.0 Å². The summed E-state index contributed by atoms with van der Waals surface area (Å²) in [4.78, 5) is 33.6. The molecule has 4 aromatic rings. The summed E-state index contributed by atoms with van der Waals surface area (Å²) in [6.45, 7) is 5.50. The van der Waals surface area contributed by atoms with Crippen molar-refractivity contribution in [3.05, 3.63) is 46.5 Å². The van der Waals surface area contributed by atoms with Gasteiger partial charge in [-0.25, -0.2) is 19.7 Å². The number of rotatable bonds is 8. The van der Waals surface area contributed by atoms with Crippen LogP contribution in [-0.2, 0) is 12.0 Å². The van der Waals surface area contributed by atoms with E-state index in [1.807, 2.05) is 12.4 Å². The first-order valence-electron chi connectivity index (χ1n) is 14.5. The van der Waals surface area contributed by atoms with Crippen molar-refractivity contribution < 1.29 is 4.52 Å². The molecule has 7 rings (SSSR count). The molecule has 3 aliphatic rings. The third kappa shape index (κ3) is 4.43. The molecule has 10 nitrogen and oxygen atoms in total. The number of imidazole rings is 1. The van der Waals surface area contributed by atoms with Crippen molar-refractivity contribution in [1.29, 1.82) is 0 Å². The number of aromatic amines is 1. The van der Waals surface area contributed by atoms with Gasteiger partial charge >= 0.3 is 5.76 Å². The van der Waals surface area contributed by atoms with Gasteiger partial charge in [-0.1, -0.05) is 31.3 Å². The molecule has 0 saturated heterocycles. The number of H-pyrrole nitrogens is 1. The molecule has 10 heteroatoms. The predicted molar refractivity (Wildman–Crippen MR) is 147 cm³/mol. The second-order valence-electron chi connectivity index (χ2n) is 12.1. The van der Waals surface area contributed by atoms with Crippen LogP contribution in [0.3, 0.4) is 0 Å². The summed E-state index contributed by atoms with van der Waals surface area (Å²) in [7, 11) is 0. The van der Waals surface area contributed by atoms with Crippen LogP contribution in [0.2, 0.25) is 0 Å². The lowest BCUT2D eigenvalue weighted by Gasteiger charge is -2.32. The van der Waals surface area contributed by atoms with Gasteiger partial charge in [-0.05, 0) is 80.9 Å². The Bertz CT molecular complexity index is 1520. The first kappa shape index (κ1) is 24.5. The van der Waals surface area contributed by atoms with Crippen LogP contribution in [-0.4, -0.2) is 40.7 Å². The molecule has 3 fully saturated rings. The molecule has 0 aliphatic heterocycles. The van der Waals surface area contributed by atoms with Crippen molar-refractivity contribution in [1.82, 2.24) is 34.6 Å². The maximum Gasteiger partial charge on any atom is 0.439 e. The van der Waals surface area contributed by atoms with Gasteiger partial charge in [0, 0.05) is 25.0 Å². The minimum atomic E-state index is -0.626. The van der Waals surface area contributed by atoms with E-state index in [0.29, 0.717) is 23.3 Å². The molecule has 0 unspecified atom stereocenters. The van der Waals surface area contributed by atoms with Gasteiger partial charge in [0.25, 0.3) is 0 Å². The van der Waals surface area contributed by atoms with Crippen LogP contribution >= 0.6 is 0 Å². The number of hydrogen-bond acceptors (Lipinski definition) is 8. The second-order valence-corrected chi connectivity index (χ2v) is 12.1. The summed E-state index contributed by atoms with van der Waals surface area (Å²) < 4.78 is 7.21. The number of aromatic nitrogens is 7. The molecule has 0 amide bonds. The minimum Gasteiger partial charge on any atom is -0.365 e. The fraction of sp³-hybridized carbons (Fsp3) is 0.586. The van der Waals surface area contributed by atoms with Crippen LogP contribution in [0.5, 0.6) is 0 Å². The zero-order valence-corrected chi connectivity index (χ0v) is 22.7. The maximum atomic E-state index is 11.7. The molecule has 0 spiro atoms. The molecular weight excluding hydrogens is 492 g/mol. The summed E-state index contributed by atoms with van der Waals surface area (Å²) in [5.41, 5.74) is 2.68. The Morgan fingerprint density at radius 1 is 1.10 bits per heavy atom. The van der Waals surface area contributed by atoms with Crippen LogP contribution in [0, 0.1) is 17.8 Å². The average Bonchev–Trinajstić information content (AvgIpc) is 3.46. The summed E-state index contributed by atoms with van der Waals surface area (Å²) >= 11 is 0. The Morgan fingerprint density at radius 3 is 2.51 bits per heavy atom. The van der Waals surface area contributed by atoms with Gasteiger partial charge in [-0.2, -0.15) is 0 Å². The third-order valence-corrected chi connectivity index (χ3v) is 9.46. The Kier molecular flexibility index (Phi) is 6.01. The lowest BCUT2D eigenvalue weighted by molar-refractivity contribution is 0.264. The topological polar surface area (TPSA) is 127 Å². The van der Waals surface area contributed by atoms with E-state index in [-0.39, 0.29) is 17.3 Å². The van der Waals surface area contributed by atoms with Gasteiger partial charge in [0.15, 0.2) is 11.5 Å². The Balaban J connectivity index is 1.40. The van der Waals surface area contributed by atoms with E-state index in [9.17, 15) is 4.79 Å². The summed E-state index contributed by atoms with van der Waals surface area (Å²) in [5.74, 6) is 3.72.